The van der Waals surface area contributed by atoms with E-state index < -0.39 is 11.4 Å². The van der Waals surface area contributed by atoms with E-state index in [1.807, 2.05) is 42.5 Å². The smallest absolute Gasteiger partial charge is 0.341 e. The second-order valence-electron chi connectivity index (χ2n) is 6.87. The summed E-state index contributed by atoms with van der Waals surface area (Å²) in [6.07, 6.45) is 1.43. The van der Waals surface area contributed by atoms with Crippen LogP contribution in [0.4, 0.5) is 5.69 Å². The van der Waals surface area contributed by atoms with Gasteiger partial charge >= 0.3 is 5.97 Å². The fraction of sp³-hybridized carbons (Fsp3) is 0.238. The molecule has 0 saturated carbocycles. The monoisotopic (exact) mass is 363 g/mol. The zero-order chi connectivity index (χ0) is 19.0. The van der Waals surface area contributed by atoms with Gasteiger partial charge in [0, 0.05) is 49.1 Å². The minimum absolute atomic E-state index is 0.223. The highest BCUT2D eigenvalue weighted by Gasteiger charge is 2.18. The number of anilines is 1. The van der Waals surface area contributed by atoms with E-state index in [4.69, 9.17) is 0 Å². The Morgan fingerprint density at radius 1 is 0.963 bits per heavy atom. The van der Waals surface area contributed by atoms with Crippen molar-refractivity contribution in [3.8, 4) is 5.69 Å². The Labute approximate surface area is 156 Å². The van der Waals surface area contributed by atoms with Gasteiger partial charge in [0.1, 0.15) is 5.56 Å². The summed E-state index contributed by atoms with van der Waals surface area (Å²) in [5.74, 6) is -1.21. The first kappa shape index (κ1) is 17.3. The van der Waals surface area contributed by atoms with Gasteiger partial charge in [-0.25, -0.2) is 4.79 Å². The van der Waals surface area contributed by atoms with E-state index in [0.29, 0.717) is 10.9 Å². The average Bonchev–Trinajstić information content (AvgIpc) is 2.69. The number of rotatable bonds is 3. The molecule has 0 aliphatic carbocycles. The van der Waals surface area contributed by atoms with Crippen LogP contribution in [0.3, 0.4) is 0 Å². The van der Waals surface area contributed by atoms with Crippen molar-refractivity contribution in [2.24, 2.45) is 0 Å². The molecule has 27 heavy (non-hydrogen) atoms. The lowest BCUT2D eigenvalue weighted by molar-refractivity contribution is 0.0695. The number of benzene rings is 2. The molecule has 0 bridgehead atoms. The number of aromatic nitrogens is 1. The molecule has 0 spiro atoms. The molecule has 1 aliphatic rings. The van der Waals surface area contributed by atoms with Gasteiger partial charge in [0.15, 0.2) is 0 Å². The van der Waals surface area contributed by atoms with Crippen molar-refractivity contribution in [3.05, 3.63) is 70.5 Å². The molecule has 6 heteroatoms. The van der Waals surface area contributed by atoms with Gasteiger partial charge in [0.25, 0.3) is 0 Å². The van der Waals surface area contributed by atoms with Crippen LogP contribution in [0, 0.1) is 0 Å². The molecule has 1 aliphatic heterocycles. The number of fused-ring (bicyclic) bond motifs is 1. The number of pyridine rings is 1. The highest BCUT2D eigenvalue weighted by atomic mass is 16.4. The summed E-state index contributed by atoms with van der Waals surface area (Å²) in [5, 5.41) is 9.87. The van der Waals surface area contributed by atoms with Crippen LogP contribution in [0.1, 0.15) is 10.4 Å². The number of carboxylic acids is 1. The zero-order valence-corrected chi connectivity index (χ0v) is 15.1. The first-order valence-corrected chi connectivity index (χ1v) is 8.96. The third kappa shape index (κ3) is 3.19. The Morgan fingerprint density at radius 3 is 2.33 bits per heavy atom. The lowest BCUT2D eigenvalue weighted by Crippen LogP contribution is -2.44. The van der Waals surface area contributed by atoms with E-state index >= 15 is 0 Å². The Bertz CT molecular complexity index is 1050. The van der Waals surface area contributed by atoms with E-state index in [9.17, 15) is 14.7 Å². The van der Waals surface area contributed by atoms with Gasteiger partial charge in [0.05, 0.1) is 5.52 Å². The second-order valence-corrected chi connectivity index (χ2v) is 6.87. The maximum absolute atomic E-state index is 12.7. The third-order valence-electron chi connectivity index (χ3n) is 5.12. The second kappa shape index (κ2) is 6.89. The van der Waals surface area contributed by atoms with Gasteiger partial charge in [-0.15, -0.1) is 0 Å². The van der Waals surface area contributed by atoms with Crippen LogP contribution in [0.5, 0.6) is 0 Å². The van der Waals surface area contributed by atoms with Crippen LogP contribution in [-0.4, -0.2) is 53.8 Å². The van der Waals surface area contributed by atoms with Crippen molar-refractivity contribution in [1.82, 2.24) is 9.47 Å². The maximum Gasteiger partial charge on any atom is 0.341 e. The summed E-state index contributed by atoms with van der Waals surface area (Å²) in [4.78, 5) is 28.8. The molecule has 0 amide bonds. The van der Waals surface area contributed by atoms with E-state index in [0.717, 1.165) is 37.6 Å². The number of para-hydroxylation sites is 1. The van der Waals surface area contributed by atoms with E-state index in [1.165, 1.54) is 6.20 Å². The lowest BCUT2D eigenvalue weighted by Gasteiger charge is -2.34. The summed E-state index contributed by atoms with van der Waals surface area (Å²) < 4.78 is 1.79. The molecular weight excluding hydrogens is 342 g/mol. The predicted molar refractivity (Wildman–Crippen MR) is 106 cm³/mol. The first-order chi connectivity index (χ1) is 13.0. The molecule has 1 N–H and O–H groups in total. The molecule has 2 heterocycles. The summed E-state index contributed by atoms with van der Waals surface area (Å²) >= 11 is 0. The molecule has 1 saturated heterocycles. The van der Waals surface area contributed by atoms with E-state index in [-0.39, 0.29) is 5.56 Å². The molecule has 1 aromatic heterocycles. The molecule has 4 rings (SSSR count). The number of carboxylic acid groups (broad SMARTS) is 1. The predicted octanol–water partition coefficient (Wildman–Crippen LogP) is 2.44. The van der Waals surface area contributed by atoms with Crippen molar-refractivity contribution in [1.29, 1.82) is 0 Å². The van der Waals surface area contributed by atoms with Crippen LogP contribution in [0.15, 0.2) is 59.5 Å². The Hall–Kier alpha value is -3.12. The van der Waals surface area contributed by atoms with Gasteiger partial charge in [-0.2, -0.15) is 0 Å². The SMILES string of the molecule is CN1CCN(c2ccc3c(=O)c(C(=O)O)cn(-c4ccccc4)c3c2)CC1. The van der Waals surface area contributed by atoms with Crippen LogP contribution in [0.2, 0.25) is 0 Å². The first-order valence-electron chi connectivity index (χ1n) is 8.96. The molecule has 0 unspecified atom stereocenters. The fourth-order valence-corrected chi connectivity index (χ4v) is 3.53. The summed E-state index contributed by atoms with van der Waals surface area (Å²) in [7, 11) is 2.11. The Morgan fingerprint density at radius 2 is 1.67 bits per heavy atom. The fourth-order valence-electron chi connectivity index (χ4n) is 3.53. The van der Waals surface area contributed by atoms with Crippen molar-refractivity contribution in [3.63, 3.8) is 0 Å². The molecular formula is C21H21N3O3. The van der Waals surface area contributed by atoms with Crippen LogP contribution < -0.4 is 10.3 Å². The molecule has 1 fully saturated rings. The Balaban J connectivity index is 1.92. The quantitative estimate of drug-likeness (QED) is 0.774. The summed E-state index contributed by atoms with van der Waals surface area (Å²) in [6.45, 7) is 3.82. The average molecular weight is 363 g/mol. The summed E-state index contributed by atoms with van der Waals surface area (Å²) in [5.41, 5.74) is 1.91. The van der Waals surface area contributed by atoms with Gasteiger partial charge < -0.3 is 19.5 Å². The highest BCUT2D eigenvalue weighted by molar-refractivity contribution is 5.94. The molecule has 138 valence electrons. The van der Waals surface area contributed by atoms with E-state index in [2.05, 4.69) is 16.8 Å². The highest BCUT2D eigenvalue weighted by Crippen LogP contribution is 2.24. The topological polar surface area (TPSA) is 65.8 Å². The third-order valence-corrected chi connectivity index (χ3v) is 5.12. The number of hydrogen-bond donors (Lipinski definition) is 1. The maximum atomic E-state index is 12.7. The summed E-state index contributed by atoms with van der Waals surface area (Å²) in [6, 6.07) is 15.1. The number of carbonyl (C=O) groups is 1. The van der Waals surface area contributed by atoms with E-state index in [1.54, 1.807) is 10.6 Å². The van der Waals surface area contributed by atoms with Crippen molar-refractivity contribution < 1.29 is 9.90 Å². The molecule has 6 nitrogen and oxygen atoms in total. The molecule has 3 aromatic rings. The standard InChI is InChI=1S/C21H21N3O3/c1-22-9-11-23(12-10-22)16-7-8-17-19(13-16)24(15-5-3-2-4-6-15)14-18(20(17)25)21(26)27/h2-8,13-14H,9-12H2,1H3,(H,26,27). The molecule has 2 aromatic carbocycles. The normalized spacial score (nSPS) is 15.2. The molecule has 0 atom stereocenters. The lowest BCUT2D eigenvalue weighted by atomic mass is 10.1. The van der Waals surface area contributed by atoms with Gasteiger partial charge in [-0.05, 0) is 37.4 Å². The molecule has 0 radical (unpaired) electrons. The number of aromatic carboxylic acids is 1. The van der Waals surface area contributed by atoms with Gasteiger partial charge in [-0.3, -0.25) is 4.79 Å². The van der Waals surface area contributed by atoms with Crippen molar-refractivity contribution in [2.75, 3.05) is 38.1 Å². The largest absolute Gasteiger partial charge is 0.477 e. The van der Waals surface area contributed by atoms with Gasteiger partial charge in [0.2, 0.25) is 5.43 Å². The number of likely N-dealkylation sites (N-methyl/N-ethyl adjacent to an activating group) is 1. The number of piperazine rings is 1. The Kier molecular flexibility index (Phi) is 4.41. The minimum Gasteiger partial charge on any atom is -0.477 e. The minimum atomic E-state index is -1.21. The van der Waals surface area contributed by atoms with Crippen LogP contribution >= 0.6 is 0 Å². The van der Waals surface area contributed by atoms with Crippen LogP contribution in [0.25, 0.3) is 16.6 Å². The zero-order valence-electron chi connectivity index (χ0n) is 15.1. The van der Waals surface area contributed by atoms with Crippen LogP contribution in [-0.2, 0) is 0 Å². The van der Waals surface area contributed by atoms with Crippen molar-refractivity contribution in [2.45, 2.75) is 0 Å². The number of nitrogens with zero attached hydrogens (tertiary/aromatic N) is 3. The van der Waals surface area contributed by atoms with Crippen molar-refractivity contribution >= 4 is 22.6 Å². The van der Waals surface area contributed by atoms with Gasteiger partial charge in [-0.1, -0.05) is 18.2 Å². The number of hydrogen-bond acceptors (Lipinski definition) is 4.